The van der Waals surface area contributed by atoms with E-state index in [0.717, 1.165) is 19.3 Å². The lowest BCUT2D eigenvalue weighted by Gasteiger charge is -2.39. The summed E-state index contributed by atoms with van der Waals surface area (Å²) in [5.74, 6) is -0.109. The Balaban J connectivity index is 2.36. The van der Waals surface area contributed by atoms with Gasteiger partial charge in [0.1, 0.15) is 5.54 Å². The highest BCUT2D eigenvalue weighted by Gasteiger charge is 2.44. The smallest absolute Gasteiger partial charge is 0.326 e. The normalized spacial score (nSPS) is 18.7. The van der Waals surface area contributed by atoms with Crippen molar-refractivity contribution in [2.24, 2.45) is 0 Å². The second-order valence-corrected chi connectivity index (χ2v) is 3.58. The van der Waals surface area contributed by atoms with Crippen molar-refractivity contribution in [2.75, 3.05) is 26.9 Å². The van der Waals surface area contributed by atoms with E-state index >= 15 is 0 Å². The molecular weight excluding hydrogens is 182 g/mol. The lowest BCUT2D eigenvalue weighted by molar-refractivity contribution is -0.155. The van der Waals surface area contributed by atoms with Crippen molar-refractivity contribution < 1.29 is 14.3 Å². The molecule has 1 aliphatic rings. The first-order chi connectivity index (χ1) is 6.75. The molecule has 14 heavy (non-hydrogen) atoms. The summed E-state index contributed by atoms with van der Waals surface area (Å²) in [5, 5.41) is 3.22. The molecule has 0 saturated heterocycles. The molecule has 4 heteroatoms. The van der Waals surface area contributed by atoms with E-state index in [1.807, 2.05) is 6.92 Å². The SMILES string of the molecule is CCOC(=O)C1(NCCOC)CCC1. The van der Waals surface area contributed by atoms with Gasteiger partial charge in [-0.1, -0.05) is 0 Å². The molecule has 0 spiro atoms. The van der Waals surface area contributed by atoms with Crippen molar-refractivity contribution >= 4 is 5.97 Å². The molecule has 0 bridgehead atoms. The molecule has 0 aromatic rings. The van der Waals surface area contributed by atoms with Crippen LogP contribution in [0.3, 0.4) is 0 Å². The van der Waals surface area contributed by atoms with Crippen molar-refractivity contribution in [1.82, 2.24) is 5.32 Å². The molecule has 0 amide bonds. The monoisotopic (exact) mass is 201 g/mol. The number of rotatable bonds is 6. The standard InChI is InChI=1S/C10H19NO3/c1-3-14-9(12)10(5-4-6-10)11-7-8-13-2/h11H,3-8H2,1-2H3. The summed E-state index contributed by atoms with van der Waals surface area (Å²) in [7, 11) is 1.65. The first-order valence-electron chi connectivity index (χ1n) is 5.16. The van der Waals surface area contributed by atoms with Crippen molar-refractivity contribution in [2.45, 2.75) is 31.7 Å². The van der Waals surface area contributed by atoms with E-state index in [-0.39, 0.29) is 5.97 Å². The molecular formula is C10H19NO3. The topological polar surface area (TPSA) is 47.6 Å². The van der Waals surface area contributed by atoms with Crippen molar-refractivity contribution in [3.63, 3.8) is 0 Å². The maximum Gasteiger partial charge on any atom is 0.326 e. The fraction of sp³-hybridized carbons (Fsp3) is 0.900. The summed E-state index contributed by atoms with van der Waals surface area (Å²) in [6.07, 6.45) is 2.86. The number of nitrogens with one attached hydrogen (secondary N) is 1. The second-order valence-electron chi connectivity index (χ2n) is 3.58. The summed E-state index contributed by atoms with van der Waals surface area (Å²) in [6.45, 7) is 3.61. The zero-order valence-corrected chi connectivity index (χ0v) is 8.97. The van der Waals surface area contributed by atoms with Crippen LogP contribution >= 0.6 is 0 Å². The van der Waals surface area contributed by atoms with Crippen LogP contribution in [0.1, 0.15) is 26.2 Å². The average molecular weight is 201 g/mol. The third-order valence-corrected chi connectivity index (χ3v) is 2.64. The third kappa shape index (κ3) is 2.45. The molecule has 1 N–H and O–H groups in total. The minimum Gasteiger partial charge on any atom is -0.465 e. The van der Waals surface area contributed by atoms with Gasteiger partial charge in [-0.3, -0.25) is 10.1 Å². The first-order valence-corrected chi connectivity index (χ1v) is 5.16. The Labute approximate surface area is 85.0 Å². The maximum atomic E-state index is 11.6. The largest absolute Gasteiger partial charge is 0.465 e. The van der Waals surface area contributed by atoms with E-state index in [9.17, 15) is 4.79 Å². The van der Waals surface area contributed by atoms with Gasteiger partial charge in [-0.25, -0.2) is 0 Å². The molecule has 0 aliphatic heterocycles. The lowest BCUT2D eigenvalue weighted by Crippen LogP contribution is -2.58. The molecule has 1 rings (SSSR count). The Kier molecular flexibility index (Phi) is 4.35. The zero-order chi connectivity index (χ0) is 10.4. The Hall–Kier alpha value is -0.610. The van der Waals surface area contributed by atoms with Gasteiger partial charge in [0.2, 0.25) is 0 Å². The molecule has 1 aliphatic carbocycles. The molecule has 0 radical (unpaired) electrons. The highest BCUT2D eigenvalue weighted by Crippen LogP contribution is 2.32. The number of ether oxygens (including phenoxy) is 2. The van der Waals surface area contributed by atoms with E-state index in [4.69, 9.17) is 9.47 Å². The molecule has 82 valence electrons. The number of esters is 1. The summed E-state index contributed by atoms with van der Waals surface area (Å²) < 4.78 is 9.97. The van der Waals surface area contributed by atoms with Crippen LogP contribution < -0.4 is 5.32 Å². The van der Waals surface area contributed by atoms with Crippen LogP contribution in [0.2, 0.25) is 0 Å². The van der Waals surface area contributed by atoms with Gasteiger partial charge in [-0.05, 0) is 26.2 Å². The number of carbonyl (C=O) groups excluding carboxylic acids is 1. The quantitative estimate of drug-likeness (QED) is 0.508. The molecule has 1 saturated carbocycles. The number of carbonyl (C=O) groups is 1. The van der Waals surface area contributed by atoms with Crippen LogP contribution in [0.25, 0.3) is 0 Å². The summed E-state index contributed by atoms with van der Waals surface area (Å²) >= 11 is 0. The van der Waals surface area contributed by atoms with Crippen LogP contribution in [0.5, 0.6) is 0 Å². The highest BCUT2D eigenvalue weighted by atomic mass is 16.5. The van der Waals surface area contributed by atoms with Gasteiger partial charge in [0.25, 0.3) is 0 Å². The van der Waals surface area contributed by atoms with E-state index < -0.39 is 5.54 Å². The van der Waals surface area contributed by atoms with Gasteiger partial charge in [-0.2, -0.15) is 0 Å². The Morgan fingerprint density at radius 2 is 2.21 bits per heavy atom. The van der Waals surface area contributed by atoms with Gasteiger partial charge in [-0.15, -0.1) is 0 Å². The van der Waals surface area contributed by atoms with Gasteiger partial charge in [0.15, 0.2) is 0 Å². The Morgan fingerprint density at radius 3 is 2.64 bits per heavy atom. The van der Waals surface area contributed by atoms with Crippen LogP contribution in [-0.2, 0) is 14.3 Å². The highest BCUT2D eigenvalue weighted by molar-refractivity contribution is 5.82. The maximum absolute atomic E-state index is 11.6. The second kappa shape index (κ2) is 5.32. The van der Waals surface area contributed by atoms with Crippen molar-refractivity contribution in [1.29, 1.82) is 0 Å². The fourth-order valence-electron chi connectivity index (χ4n) is 1.65. The average Bonchev–Trinajstić information content (AvgIpc) is 2.10. The van der Waals surface area contributed by atoms with E-state index in [0.29, 0.717) is 19.8 Å². The van der Waals surface area contributed by atoms with Crippen LogP contribution in [0.15, 0.2) is 0 Å². The molecule has 0 aromatic carbocycles. The van der Waals surface area contributed by atoms with Crippen molar-refractivity contribution in [3.8, 4) is 0 Å². The number of hydrogen-bond acceptors (Lipinski definition) is 4. The minimum atomic E-state index is -0.408. The van der Waals surface area contributed by atoms with E-state index in [1.54, 1.807) is 7.11 Å². The summed E-state index contributed by atoms with van der Waals surface area (Å²) in [6, 6.07) is 0. The van der Waals surface area contributed by atoms with Crippen molar-refractivity contribution in [3.05, 3.63) is 0 Å². The summed E-state index contributed by atoms with van der Waals surface area (Å²) in [5.41, 5.74) is -0.408. The molecule has 1 fully saturated rings. The van der Waals surface area contributed by atoms with Crippen LogP contribution in [0.4, 0.5) is 0 Å². The molecule has 0 unspecified atom stereocenters. The van der Waals surface area contributed by atoms with Crippen LogP contribution in [-0.4, -0.2) is 38.4 Å². The Bertz CT molecular complexity index is 190. The number of methoxy groups -OCH3 is 1. The third-order valence-electron chi connectivity index (χ3n) is 2.64. The summed E-state index contributed by atoms with van der Waals surface area (Å²) in [4.78, 5) is 11.6. The first kappa shape index (κ1) is 11.5. The van der Waals surface area contributed by atoms with Gasteiger partial charge >= 0.3 is 5.97 Å². The molecule has 0 atom stereocenters. The number of hydrogen-bond donors (Lipinski definition) is 1. The molecule has 0 aromatic heterocycles. The predicted octanol–water partition coefficient (Wildman–Crippen LogP) is 0.708. The van der Waals surface area contributed by atoms with E-state index in [1.165, 1.54) is 0 Å². The fourth-order valence-corrected chi connectivity index (χ4v) is 1.65. The van der Waals surface area contributed by atoms with Gasteiger partial charge < -0.3 is 9.47 Å². The Morgan fingerprint density at radius 1 is 1.50 bits per heavy atom. The zero-order valence-electron chi connectivity index (χ0n) is 8.97. The molecule has 4 nitrogen and oxygen atoms in total. The molecule has 0 heterocycles. The predicted molar refractivity (Wildman–Crippen MR) is 53.1 cm³/mol. The van der Waals surface area contributed by atoms with Gasteiger partial charge in [0, 0.05) is 13.7 Å². The van der Waals surface area contributed by atoms with Gasteiger partial charge in [0.05, 0.1) is 13.2 Å². The van der Waals surface area contributed by atoms with E-state index in [2.05, 4.69) is 5.32 Å². The minimum absolute atomic E-state index is 0.109. The lowest BCUT2D eigenvalue weighted by atomic mass is 9.76. The van der Waals surface area contributed by atoms with Crippen LogP contribution in [0, 0.1) is 0 Å².